The van der Waals surface area contributed by atoms with E-state index >= 15 is 0 Å². The minimum absolute atomic E-state index is 0.0423. The molecule has 0 radical (unpaired) electrons. The Morgan fingerprint density at radius 3 is 2.78 bits per heavy atom. The molecule has 0 spiro atoms. The largest absolute Gasteiger partial charge is 0.339 e. The van der Waals surface area contributed by atoms with Gasteiger partial charge in [0.2, 0.25) is 11.7 Å². The fourth-order valence-corrected chi connectivity index (χ4v) is 3.84. The monoisotopic (exact) mass is 383 g/mol. The van der Waals surface area contributed by atoms with Gasteiger partial charge in [0.1, 0.15) is 17.5 Å². The number of benzene rings is 1. The number of hydrogen-bond acceptors (Lipinski definition) is 5. The van der Waals surface area contributed by atoms with Crippen molar-refractivity contribution in [3.63, 3.8) is 0 Å². The van der Waals surface area contributed by atoms with Crippen molar-refractivity contribution in [3.8, 4) is 11.5 Å². The van der Waals surface area contributed by atoms with Gasteiger partial charge < -0.3 is 9.09 Å². The summed E-state index contributed by atoms with van der Waals surface area (Å²) < 4.78 is 8.92. The van der Waals surface area contributed by atoms with Crippen LogP contribution < -0.4 is 5.56 Å². The van der Waals surface area contributed by atoms with Crippen LogP contribution in [0.4, 0.5) is 0 Å². The molecule has 2 unspecified atom stereocenters. The predicted molar refractivity (Wildman–Crippen MR) is 102 cm³/mol. The lowest BCUT2D eigenvalue weighted by Crippen LogP contribution is -2.24. The van der Waals surface area contributed by atoms with Crippen LogP contribution >= 0.6 is 11.6 Å². The van der Waals surface area contributed by atoms with Crippen molar-refractivity contribution in [1.29, 1.82) is 0 Å². The fraction of sp³-hybridized carbons (Fsp3) is 0.368. The maximum Gasteiger partial charge on any atom is 0.278 e. The number of hydrogen-bond donors (Lipinski definition) is 0. The summed E-state index contributed by atoms with van der Waals surface area (Å²) in [5.74, 6) is 1.85. The van der Waals surface area contributed by atoms with Crippen molar-refractivity contribution < 1.29 is 4.52 Å². The molecular weight excluding hydrogens is 366 g/mol. The molecule has 138 valence electrons. The van der Waals surface area contributed by atoms with Gasteiger partial charge in [0.05, 0.1) is 11.0 Å². The van der Waals surface area contributed by atoms with Gasteiger partial charge in [0, 0.05) is 17.0 Å². The second-order valence-corrected chi connectivity index (χ2v) is 7.93. The standard InChI is InChI=1S/C19H18ClN5O2/c1-9(2)25-14-7-11(20)4-5-13(14)24-8-21-15(16(24)19(25)26)17-22-18(27-23-17)12-6-10(12)3/h4-5,7-10,12H,6H2,1-3H3. The molecular formula is C19H18ClN5O2. The van der Waals surface area contributed by atoms with E-state index < -0.39 is 0 Å². The topological polar surface area (TPSA) is 78.2 Å². The van der Waals surface area contributed by atoms with Gasteiger partial charge in [0.25, 0.3) is 5.56 Å². The molecule has 8 heteroatoms. The molecule has 27 heavy (non-hydrogen) atoms. The first-order valence-electron chi connectivity index (χ1n) is 9.00. The molecule has 1 saturated carbocycles. The zero-order chi connectivity index (χ0) is 18.9. The van der Waals surface area contributed by atoms with Crippen LogP contribution in [0, 0.1) is 5.92 Å². The highest BCUT2D eigenvalue weighted by Crippen LogP contribution is 2.46. The van der Waals surface area contributed by atoms with Crippen molar-refractivity contribution in [2.24, 2.45) is 5.92 Å². The quantitative estimate of drug-likeness (QED) is 0.533. The van der Waals surface area contributed by atoms with Gasteiger partial charge in [0.15, 0.2) is 0 Å². The normalized spacial score (nSPS) is 19.4. The van der Waals surface area contributed by atoms with E-state index in [2.05, 4.69) is 22.0 Å². The Kier molecular flexibility index (Phi) is 3.46. The minimum atomic E-state index is -0.154. The first-order chi connectivity index (χ1) is 13.0. The molecule has 1 aromatic carbocycles. The molecule has 5 rings (SSSR count). The molecule has 4 aromatic rings. The molecule has 1 aliphatic carbocycles. The lowest BCUT2D eigenvalue weighted by Gasteiger charge is -2.15. The zero-order valence-electron chi connectivity index (χ0n) is 15.2. The minimum Gasteiger partial charge on any atom is -0.339 e. The van der Waals surface area contributed by atoms with Crippen LogP contribution in [0.2, 0.25) is 5.02 Å². The maximum atomic E-state index is 13.3. The van der Waals surface area contributed by atoms with Crippen molar-refractivity contribution in [2.45, 2.75) is 39.2 Å². The number of nitrogens with zero attached hydrogens (tertiary/aromatic N) is 5. The highest BCUT2D eigenvalue weighted by atomic mass is 35.5. The van der Waals surface area contributed by atoms with Gasteiger partial charge in [-0.05, 0) is 44.4 Å². The lowest BCUT2D eigenvalue weighted by atomic mass is 10.2. The summed E-state index contributed by atoms with van der Waals surface area (Å²) in [7, 11) is 0. The van der Waals surface area contributed by atoms with Gasteiger partial charge in [-0.2, -0.15) is 4.98 Å². The van der Waals surface area contributed by atoms with Gasteiger partial charge in [-0.1, -0.05) is 23.7 Å². The van der Waals surface area contributed by atoms with E-state index in [1.54, 1.807) is 27.4 Å². The number of halogens is 1. The van der Waals surface area contributed by atoms with Crippen LogP contribution in [0.3, 0.4) is 0 Å². The Hall–Kier alpha value is -2.67. The molecule has 0 N–H and O–H groups in total. The lowest BCUT2D eigenvalue weighted by molar-refractivity contribution is 0.376. The molecule has 0 saturated heterocycles. The number of fused-ring (bicyclic) bond motifs is 3. The summed E-state index contributed by atoms with van der Waals surface area (Å²) in [5, 5.41) is 4.66. The first kappa shape index (κ1) is 16.5. The summed E-state index contributed by atoms with van der Waals surface area (Å²) in [4.78, 5) is 22.3. The Balaban J connectivity index is 1.81. The second-order valence-electron chi connectivity index (χ2n) is 7.49. The zero-order valence-corrected chi connectivity index (χ0v) is 15.9. The SMILES string of the molecule is CC1CC1c1nc(-c2ncn3c2c(=O)n(C(C)C)c2cc(Cl)ccc23)no1. The fourth-order valence-electron chi connectivity index (χ4n) is 3.68. The average molecular weight is 384 g/mol. The Labute approximate surface area is 159 Å². The van der Waals surface area contributed by atoms with Crippen LogP contribution in [0.15, 0.2) is 33.8 Å². The highest BCUT2D eigenvalue weighted by molar-refractivity contribution is 6.31. The van der Waals surface area contributed by atoms with Crippen molar-refractivity contribution in [2.75, 3.05) is 0 Å². The van der Waals surface area contributed by atoms with Crippen LogP contribution in [-0.2, 0) is 0 Å². The number of aromatic nitrogens is 5. The van der Waals surface area contributed by atoms with E-state index in [0.29, 0.717) is 39.8 Å². The van der Waals surface area contributed by atoms with E-state index in [1.165, 1.54) is 0 Å². The maximum absolute atomic E-state index is 13.3. The molecule has 0 bridgehead atoms. The van der Waals surface area contributed by atoms with Crippen LogP contribution in [0.1, 0.15) is 45.0 Å². The van der Waals surface area contributed by atoms with E-state index in [9.17, 15) is 4.79 Å². The molecule has 0 aliphatic heterocycles. The Morgan fingerprint density at radius 1 is 1.30 bits per heavy atom. The van der Waals surface area contributed by atoms with Crippen LogP contribution in [0.5, 0.6) is 0 Å². The van der Waals surface area contributed by atoms with E-state index in [1.807, 2.05) is 19.9 Å². The van der Waals surface area contributed by atoms with Gasteiger partial charge in [-0.3, -0.25) is 9.20 Å². The number of imidazole rings is 1. The summed E-state index contributed by atoms with van der Waals surface area (Å²) >= 11 is 6.18. The van der Waals surface area contributed by atoms with Crippen LogP contribution in [-0.4, -0.2) is 24.1 Å². The van der Waals surface area contributed by atoms with E-state index in [-0.39, 0.29) is 11.6 Å². The molecule has 3 aromatic heterocycles. The summed E-state index contributed by atoms with van der Waals surface area (Å²) in [6, 6.07) is 5.46. The van der Waals surface area contributed by atoms with Crippen molar-refractivity contribution >= 4 is 28.2 Å². The molecule has 3 heterocycles. The summed E-state index contributed by atoms with van der Waals surface area (Å²) in [5.41, 5.74) is 2.34. The number of rotatable bonds is 3. The second kappa shape index (κ2) is 5.66. The van der Waals surface area contributed by atoms with E-state index in [0.717, 1.165) is 17.5 Å². The van der Waals surface area contributed by atoms with E-state index in [4.69, 9.17) is 16.1 Å². The van der Waals surface area contributed by atoms with Gasteiger partial charge in [-0.15, -0.1) is 0 Å². The Bertz CT molecular complexity index is 1250. The van der Waals surface area contributed by atoms with Crippen molar-refractivity contribution in [1.82, 2.24) is 24.1 Å². The molecule has 1 aliphatic rings. The summed E-state index contributed by atoms with van der Waals surface area (Å²) in [6.07, 6.45) is 2.68. The molecule has 2 atom stereocenters. The van der Waals surface area contributed by atoms with Gasteiger partial charge >= 0.3 is 0 Å². The third kappa shape index (κ3) is 2.41. The summed E-state index contributed by atoms with van der Waals surface area (Å²) in [6.45, 7) is 6.09. The average Bonchev–Trinajstić information content (AvgIpc) is 3.02. The molecule has 7 nitrogen and oxygen atoms in total. The smallest absolute Gasteiger partial charge is 0.278 e. The highest BCUT2D eigenvalue weighted by Gasteiger charge is 2.39. The molecule has 0 amide bonds. The predicted octanol–water partition coefficient (Wildman–Crippen LogP) is 4.06. The third-order valence-corrected chi connectivity index (χ3v) is 5.48. The molecule has 1 fully saturated rings. The van der Waals surface area contributed by atoms with Crippen molar-refractivity contribution in [3.05, 3.63) is 45.8 Å². The van der Waals surface area contributed by atoms with Crippen LogP contribution in [0.25, 0.3) is 28.1 Å². The Morgan fingerprint density at radius 2 is 2.07 bits per heavy atom. The van der Waals surface area contributed by atoms with Gasteiger partial charge in [-0.25, -0.2) is 4.98 Å². The third-order valence-electron chi connectivity index (χ3n) is 5.24. The first-order valence-corrected chi connectivity index (χ1v) is 9.38.